The van der Waals surface area contributed by atoms with E-state index in [-0.39, 0.29) is 28.9 Å². The Balaban J connectivity index is 2.80. The van der Waals surface area contributed by atoms with Crippen LogP contribution in [-0.4, -0.2) is 22.8 Å². The average Bonchev–Trinajstić information content (AvgIpc) is 2.25. The van der Waals surface area contributed by atoms with E-state index < -0.39 is 0 Å². The molecule has 1 atom stereocenters. The molecule has 0 spiro atoms. The second-order valence-corrected chi connectivity index (χ2v) is 4.21. The number of carbonyl (C=O) groups is 1. The minimum absolute atomic E-state index is 0.110. The zero-order valence-electron chi connectivity index (χ0n) is 9.29. The van der Waals surface area contributed by atoms with Crippen LogP contribution in [0, 0.1) is 5.92 Å². The first kappa shape index (κ1) is 12.8. The summed E-state index contributed by atoms with van der Waals surface area (Å²) in [6, 6.07) is 1.19. The second kappa shape index (κ2) is 5.70. The molecule has 0 fully saturated rings. The maximum absolute atomic E-state index is 11.7. The number of nitrogens with one attached hydrogen (secondary N) is 2. The summed E-state index contributed by atoms with van der Waals surface area (Å²) < 4.78 is 0. The molecule has 1 heterocycles. The summed E-state index contributed by atoms with van der Waals surface area (Å²) in [5.74, 6) is 0.166. The van der Waals surface area contributed by atoms with Gasteiger partial charge in [0.25, 0.3) is 5.91 Å². The van der Waals surface area contributed by atoms with Crippen LogP contribution in [0.1, 0.15) is 24.2 Å². The van der Waals surface area contributed by atoms with E-state index in [0.717, 1.165) is 0 Å². The number of hydrogen-bond donors (Lipinski definition) is 2. The maximum Gasteiger partial charge on any atom is 0.257 e. The topological polar surface area (TPSA) is 62.0 Å². The van der Waals surface area contributed by atoms with Crippen molar-refractivity contribution in [1.82, 2.24) is 10.3 Å². The van der Waals surface area contributed by atoms with Crippen LogP contribution >= 0.6 is 11.6 Å². The standard InChI is InChI=1S/C11H15ClN2O2/c1-7(2)9(5-12)14-11(16)8-6-13-4-3-10(8)15/h3-4,6-7,9H,5H2,1-2H3,(H,13,15)(H,14,16). The molecule has 4 nitrogen and oxygen atoms in total. The third kappa shape index (κ3) is 3.10. The molecule has 1 unspecified atom stereocenters. The fourth-order valence-electron chi connectivity index (χ4n) is 1.22. The van der Waals surface area contributed by atoms with Gasteiger partial charge in [0, 0.05) is 30.4 Å². The van der Waals surface area contributed by atoms with Crippen molar-refractivity contribution in [3.63, 3.8) is 0 Å². The number of H-pyrrole nitrogens is 1. The second-order valence-electron chi connectivity index (χ2n) is 3.90. The van der Waals surface area contributed by atoms with Gasteiger partial charge in [0.05, 0.1) is 0 Å². The molecule has 0 bridgehead atoms. The van der Waals surface area contributed by atoms with E-state index in [9.17, 15) is 9.59 Å². The van der Waals surface area contributed by atoms with Crippen LogP contribution in [0.15, 0.2) is 23.3 Å². The highest BCUT2D eigenvalue weighted by molar-refractivity contribution is 6.18. The van der Waals surface area contributed by atoms with Gasteiger partial charge in [0.15, 0.2) is 5.43 Å². The molecule has 2 N–H and O–H groups in total. The number of halogens is 1. The van der Waals surface area contributed by atoms with E-state index >= 15 is 0 Å². The SMILES string of the molecule is CC(C)C(CCl)NC(=O)c1c[nH]ccc1=O. The molecule has 1 aromatic rings. The minimum atomic E-state index is -0.388. The van der Waals surface area contributed by atoms with Gasteiger partial charge in [0.2, 0.25) is 0 Å². The summed E-state index contributed by atoms with van der Waals surface area (Å²) >= 11 is 5.73. The van der Waals surface area contributed by atoms with Gasteiger partial charge >= 0.3 is 0 Å². The predicted molar refractivity (Wildman–Crippen MR) is 63.9 cm³/mol. The number of aromatic amines is 1. The first-order valence-corrected chi connectivity index (χ1v) is 5.63. The van der Waals surface area contributed by atoms with Gasteiger partial charge in [-0.25, -0.2) is 0 Å². The van der Waals surface area contributed by atoms with Crippen LogP contribution < -0.4 is 10.7 Å². The molecule has 1 amide bonds. The van der Waals surface area contributed by atoms with Gasteiger partial charge < -0.3 is 10.3 Å². The Morgan fingerprint density at radius 3 is 2.75 bits per heavy atom. The number of pyridine rings is 1. The molecule has 1 aromatic heterocycles. The summed E-state index contributed by atoms with van der Waals surface area (Å²) in [7, 11) is 0. The largest absolute Gasteiger partial charge is 0.367 e. The highest BCUT2D eigenvalue weighted by atomic mass is 35.5. The van der Waals surface area contributed by atoms with Crippen molar-refractivity contribution in [2.24, 2.45) is 5.92 Å². The molecule has 0 saturated heterocycles. The van der Waals surface area contributed by atoms with Gasteiger partial charge in [-0.15, -0.1) is 11.6 Å². The van der Waals surface area contributed by atoms with E-state index in [1.165, 1.54) is 18.5 Å². The first-order valence-electron chi connectivity index (χ1n) is 5.10. The molecule has 0 saturated carbocycles. The Morgan fingerprint density at radius 2 is 2.25 bits per heavy atom. The summed E-state index contributed by atoms with van der Waals surface area (Å²) in [6.07, 6.45) is 2.88. The molecular weight excluding hydrogens is 228 g/mol. The Kier molecular flexibility index (Phi) is 4.55. The monoisotopic (exact) mass is 242 g/mol. The van der Waals surface area contributed by atoms with Crippen LogP contribution in [0.4, 0.5) is 0 Å². The number of hydrogen-bond acceptors (Lipinski definition) is 2. The Bertz CT molecular complexity index is 414. The van der Waals surface area contributed by atoms with Gasteiger partial charge in [-0.2, -0.15) is 0 Å². The van der Waals surface area contributed by atoms with Crippen LogP contribution in [0.25, 0.3) is 0 Å². The van der Waals surface area contributed by atoms with E-state index in [1.54, 1.807) is 0 Å². The number of alkyl halides is 1. The van der Waals surface area contributed by atoms with E-state index in [2.05, 4.69) is 10.3 Å². The maximum atomic E-state index is 11.7. The van der Waals surface area contributed by atoms with Crippen molar-refractivity contribution in [2.75, 3.05) is 5.88 Å². The highest BCUT2D eigenvalue weighted by Gasteiger charge is 2.17. The lowest BCUT2D eigenvalue weighted by atomic mass is 10.1. The lowest BCUT2D eigenvalue weighted by Gasteiger charge is -2.19. The third-order valence-electron chi connectivity index (χ3n) is 2.36. The normalized spacial score (nSPS) is 12.5. The zero-order valence-corrected chi connectivity index (χ0v) is 10.0. The number of carbonyl (C=O) groups excluding carboxylic acids is 1. The van der Waals surface area contributed by atoms with Gasteiger partial charge in [-0.1, -0.05) is 13.8 Å². The van der Waals surface area contributed by atoms with Crippen molar-refractivity contribution in [2.45, 2.75) is 19.9 Å². The molecule has 16 heavy (non-hydrogen) atoms. The third-order valence-corrected chi connectivity index (χ3v) is 2.69. The van der Waals surface area contributed by atoms with Gasteiger partial charge in [-0.05, 0) is 5.92 Å². The van der Waals surface area contributed by atoms with Gasteiger partial charge in [-0.3, -0.25) is 9.59 Å². The molecule has 1 rings (SSSR count). The van der Waals surface area contributed by atoms with E-state index in [1.807, 2.05) is 13.8 Å². The summed E-state index contributed by atoms with van der Waals surface area (Å²) in [5.41, 5.74) is -0.188. The summed E-state index contributed by atoms with van der Waals surface area (Å²) in [5, 5.41) is 2.73. The van der Waals surface area contributed by atoms with E-state index in [0.29, 0.717) is 5.88 Å². The summed E-state index contributed by atoms with van der Waals surface area (Å²) in [4.78, 5) is 25.8. The summed E-state index contributed by atoms with van der Waals surface area (Å²) in [6.45, 7) is 3.92. The Hall–Kier alpha value is -1.29. The predicted octanol–water partition coefficient (Wildman–Crippen LogP) is 1.37. The van der Waals surface area contributed by atoms with Crippen LogP contribution in [0.5, 0.6) is 0 Å². The Morgan fingerprint density at radius 1 is 1.56 bits per heavy atom. The van der Waals surface area contributed by atoms with Gasteiger partial charge in [0.1, 0.15) is 5.56 Å². The number of rotatable bonds is 4. The smallest absolute Gasteiger partial charge is 0.257 e. The molecule has 0 aromatic carbocycles. The van der Waals surface area contributed by atoms with Crippen molar-refractivity contribution in [3.8, 4) is 0 Å². The van der Waals surface area contributed by atoms with E-state index in [4.69, 9.17) is 11.6 Å². The minimum Gasteiger partial charge on any atom is -0.367 e. The number of aromatic nitrogens is 1. The quantitative estimate of drug-likeness (QED) is 0.784. The molecular formula is C11H15ClN2O2. The lowest BCUT2D eigenvalue weighted by Crippen LogP contribution is -2.41. The fraction of sp³-hybridized carbons (Fsp3) is 0.455. The molecule has 0 aliphatic carbocycles. The lowest BCUT2D eigenvalue weighted by molar-refractivity contribution is 0.0929. The molecule has 0 aliphatic rings. The van der Waals surface area contributed by atoms with Crippen molar-refractivity contribution in [1.29, 1.82) is 0 Å². The fourth-order valence-corrected chi connectivity index (χ4v) is 1.66. The number of amides is 1. The molecule has 0 radical (unpaired) electrons. The average molecular weight is 243 g/mol. The molecule has 88 valence electrons. The highest BCUT2D eigenvalue weighted by Crippen LogP contribution is 2.04. The Labute approximate surface area is 99.0 Å². The van der Waals surface area contributed by atoms with Crippen LogP contribution in [0.3, 0.4) is 0 Å². The van der Waals surface area contributed by atoms with Crippen molar-refractivity contribution < 1.29 is 4.79 Å². The molecule has 0 aliphatic heterocycles. The first-order chi connectivity index (χ1) is 7.56. The van der Waals surface area contributed by atoms with Crippen LogP contribution in [0.2, 0.25) is 0 Å². The van der Waals surface area contributed by atoms with Crippen molar-refractivity contribution in [3.05, 3.63) is 34.2 Å². The molecule has 5 heteroatoms. The zero-order chi connectivity index (χ0) is 12.1. The van der Waals surface area contributed by atoms with Crippen LogP contribution in [-0.2, 0) is 0 Å². The van der Waals surface area contributed by atoms with Crippen molar-refractivity contribution >= 4 is 17.5 Å².